The van der Waals surface area contributed by atoms with Crippen molar-refractivity contribution >= 4 is 34.2 Å². The minimum atomic E-state index is -0.997. The highest BCUT2D eigenvalue weighted by molar-refractivity contribution is 7.09. The molecule has 170 valence electrons. The highest BCUT2D eigenvalue weighted by atomic mass is 32.1. The van der Waals surface area contributed by atoms with Crippen LogP contribution in [0.5, 0.6) is 0 Å². The second-order valence-corrected chi connectivity index (χ2v) is 9.94. The molecule has 2 heterocycles. The van der Waals surface area contributed by atoms with Crippen LogP contribution < -0.4 is 5.32 Å². The Balaban J connectivity index is 1.63. The Morgan fingerprint density at radius 3 is 2.72 bits per heavy atom. The van der Waals surface area contributed by atoms with Gasteiger partial charge in [-0.1, -0.05) is 39.2 Å². The molecule has 1 unspecified atom stereocenters. The highest BCUT2D eigenvalue weighted by Crippen LogP contribution is 2.35. The Morgan fingerprint density at radius 1 is 1.28 bits per heavy atom. The number of carboxylic acids is 1. The van der Waals surface area contributed by atoms with Crippen molar-refractivity contribution in [2.24, 2.45) is 5.92 Å². The molecule has 6 nitrogen and oxygen atoms in total. The van der Waals surface area contributed by atoms with Crippen LogP contribution in [0.4, 0.5) is 0 Å². The van der Waals surface area contributed by atoms with Gasteiger partial charge in [0, 0.05) is 22.9 Å². The lowest BCUT2D eigenvalue weighted by Gasteiger charge is -2.18. The molecule has 1 saturated carbocycles. The van der Waals surface area contributed by atoms with Gasteiger partial charge < -0.3 is 15.0 Å². The van der Waals surface area contributed by atoms with E-state index < -0.39 is 12.0 Å². The summed E-state index contributed by atoms with van der Waals surface area (Å²) in [7, 11) is 0. The third kappa shape index (κ3) is 4.88. The van der Waals surface area contributed by atoms with Gasteiger partial charge in [-0.3, -0.25) is 4.79 Å². The number of benzene rings is 1. The summed E-state index contributed by atoms with van der Waals surface area (Å²) in [6.45, 7) is 4.02. The summed E-state index contributed by atoms with van der Waals surface area (Å²) in [5, 5.41) is 14.3. The van der Waals surface area contributed by atoms with Gasteiger partial charge in [0.2, 0.25) is 0 Å². The van der Waals surface area contributed by atoms with Gasteiger partial charge in [-0.2, -0.15) is 0 Å². The number of nitrogens with one attached hydrogen (secondary N) is 1. The van der Waals surface area contributed by atoms with Gasteiger partial charge in [-0.05, 0) is 54.8 Å². The van der Waals surface area contributed by atoms with Crippen LogP contribution in [0, 0.1) is 5.92 Å². The van der Waals surface area contributed by atoms with E-state index in [0.717, 1.165) is 42.5 Å². The number of carboxylic acid groups (broad SMARTS) is 1. The Labute approximate surface area is 192 Å². The molecule has 1 aliphatic rings. The molecular weight excluding hydrogens is 422 g/mol. The number of carbonyl (C=O) groups is 2. The molecule has 0 bridgehead atoms. The fraction of sp³-hybridized carbons (Fsp3) is 0.480. The van der Waals surface area contributed by atoms with E-state index in [1.54, 1.807) is 23.5 Å². The second kappa shape index (κ2) is 9.86. The van der Waals surface area contributed by atoms with Crippen LogP contribution in [0.1, 0.15) is 79.5 Å². The molecule has 1 aliphatic carbocycles. The number of imidazole rings is 1. The lowest BCUT2D eigenvalue weighted by molar-refractivity contribution is -0.139. The number of hydrogen-bond acceptors (Lipinski definition) is 4. The number of hydrogen-bond donors (Lipinski definition) is 2. The Kier molecular flexibility index (Phi) is 6.94. The predicted octanol–water partition coefficient (Wildman–Crippen LogP) is 5.42. The summed E-state index contributed by atoms with van der Waals surface area (Å²) in [5.74, 6) is -0.103. The molecule has 2 N–H and O–H groups in total. The van der Waals surface area contributed by atoms with Gasteiger partial charge >= 0.3 is 5.97 Å². The number of aromatic nitrogens is 2. The monoisotopic (exact) mass is 453 g/mol. The third-order valence-electron chi connectivity index (χ3n) is 6.57. The fourth-order valence-corrected chi connectivity index (χ4v) is 5.29. The van der Waals surface area contributed by atoms with Crippen molar-refractivity contribution in [2.45, 2.75) is 70.9 Å². The molecule has 7 heteroatoms. The zero-order chi connectivity index (χ0) is 22.7. The van der Waals surface area contributed by atoms with Gasteiger partial charge in [-0.15, -0.1) is 11.3 Å². The summed E-state index contributed by atoms with van der Waals surface area (Å²) in [4.78, 5) is 30.7. The van der Waals surface area contributed by atoms with Crippen LogP contribution in [0.2, 0.25) is 0 Å². The van der Waals surface area contributed by atoms with E-state index in [9.17, 15) is 14.7 Å². The summed E-state index contributed by atoms with van der Waals surface area (Å²) in [6, 6.07) is 9.31. The van der Waals surface area contributed by atoms with Gasteiger partial charge in [0.15, 0.2) is 0 Å². The van der Waals surface area contributed by atoms with E-state index in [4.69, 9.17) is 4.98 Å². The van der Waals surface area contributed by atoms with Gasteiger partial charge in [-0.25, -0.2) is 9.78 Å². The van der Waals surface area contributed by atoms with Crippen LogP contribution in [-0.4, -0.2) is 32.6 Å². The zero-order valence-corrected chi connectivity index (χ0v) is 19.5. The summed E-state index contributed by atoms with van der Waals surface area (Å²) >= 11 is 1.73. The predicted molar refractivity (Wildman–Crippen MR) is 127 cm³/mol. The Bertz CT molecular complexity index is 1080. The van der Waals surface area contributed by atoms with Crippen LogP contribution in [0.15, 0.2) is 35.7 Å². The van der Waals surface area contributed by atoms with Crippen LogP contribution in [0.25, 0.3) is 11.0 Å². The molecule has 4 rings (SSSR count). The molecule has 0 aliphatic heterocycles. The first-order valence-electron chi connectivity index (χ1n) is 11.5. The van der Waals surface area contributed by atoms with Crippen LogP contribution in [0.3, 0.4) is 0 Å². The summed E-state index contributed by atoms with van der Waals surface area (Å²) in [5.41, 5.74) is 2.30. The summed E-state index contributed by atoms with van der Waals surface area (Å²) < 4.78 is 2.37. The number of fused-ring (bicyclic) bond motifs is 1. The first kappa shape index (κ1) is 22.5. The minimum Gasteiger partial charge on any atom is -0.480 e. The van der Waals surface area contributed by atoms with E-state index in [-0.39, 0.29) is 11.8 Å². The average molecular weight is 454 g/mol. The molecule has 1 fully saturated rings. The SMILES string of the molecule is CCC(C)C[C@H](NC(=O)c1ccc2c(c1)nc(Cc1cccs1)n2C1CCCC1)C(=O)O. The maximum Gasteiger partial charge on any atom is 0.326 e. The van der Waals surface area contributed by atoms with Crippen molar-refractivity contribution in [1.29, 1.82) is 0 Å². The molecule has 0 spiro atoms. The number of rotatable bonds is 9. The number of carbonyl (C=O) groups excluding carboxylic acids is 1. The van der Waals surface area contributed by atoms with Crippen molar-refractivity contribution in [3.63, 3.8) is 0 Å². The lowest BCUT2D eigenvalue weighted by Crippen LogP contribution is -2.41. The zero-order valence-electron chi connectivity index (χ0n) is 18.7. The van der Waals surface area contributed by atoms with E-state index in [1.807, 2.05) is 19.9 Å². The van der Waals surface area contributed by atoms with Crippen molar-refractivity contribution < 1.29 is 14.7 Å². The first-order valence-corrected chi connectivity index (χ1v) is 12.4. The summed E-state index contributed by atoms with van der Waals surface area (Å²) in [6.07, 6.45) is 6.84. The second-order valence-electron chi connectivity index (χ2n) is 8.91. The molecule has 0 radical (unpaired) electrons. The van der Waals surface area contributed by atoms with Gasteiger partial charge in [0.1, 0.15) is 11.9 Å². The van der Waals surface area contributed by atoms with Gasteiger partial charge in [0.25, 0.3) is 5.91 Å². The highest BCUT2D eigenvalue weighted by Gasteiger charge is 2.25. The van der Waals surface area contributed by atoms with Crippen molar-refractivity contribution in [2.75, 3.05) is 0 Å². The number of aliphatic carboxylic acids is 1. The fourth-order valence-electron chi connectivity index (χ4n) is 4.59. The molecule has 3 aromatic rings. The molecule has 1 amide bonds. The van der Waals surface area contributed by atoms with E-state index in [1.165, 1.54) is 17.7 Å². The van der Waals surface area contributed by atoms with Crippen molar-refractivity contribution in [3.8, 4) is 0 Å². The van der Waals surface area contributed by atoms with Gasteiger partial charge in [0.05, 0.1) is 11.0 Å². The maximum absolute atomic E-state index is 12.9. The average Bonchev–Trinajstić information content (AvgIpc) is 3.53. The normalized spacial score (nSPS) is 16.3. The first-order chi connectivity index (χ1) is 15.5. The smallest absolute Gasteiger partial charge is 0.326 e. The molecule has 32 heavy (non-hydrogen) atoms. The minimum absolute atomic E-state index is 0.223. The Hall–Kier alpha value is -2.67. The van der Waals surface area contributed by atoms with Crippen molar-refractivity contribution in [3.05, 3.63) is 52.0 Å². The largest absolute Gasteiger partial charge is 0.480 e. The van der Waals surface area contributed by atoms with Crippen molar-refractivity contribution in [1.82, 2.24) is 14.9 Å². The number of thiophene rings is 1. The quantitative estimate of drug-likeness (QED) is 0.453. The number of nitrogens with zero attached hydrogens (tertiary/aromatic N) is 2. The maximum atomic E-state index is 12.9. The molecule has 2 aromatic heterocycles. The van der Waals surface area contributed by atoms with E-state index in [2.05, 4.69) is 27.4 Å². The number of amides is 1. The van der Waals surface area contributed by atoms with Crippen LogP contribution in [-0.2, 0) is 11.2 Å². The van der Waals surface area contributed by atoms with E-state index in [0.29, 0.717) is 18.0 Å². The standard InChI is InChI=1S/C25H31N3O3S/c1-3-16(2)13-21(25(30)31)27-24(29)17-10-11-22-20(14-17)26-23(15-19-9-6-12-32-19)28(22)18-7-4-5-8-18/h6,9-12,14,16,18,21H,3-5,7-8,13,15H2,1-2H3,(H,27,29)(H,30,31)/t16?,21-/m0/s1. The van der Waals surface area contributed by atoms with E-state index >= 15 is 0 Å². The lowest BCUT2D eigenvalue weighted by atomic mass is 9.99. The topological polar surface area (TPSA) is 84.2 Å². The third-order valence-corrected chi connectivity index (χ3v) is 7.44. The molecule has 0 saturated heterocycles. The van der Waals surface area contributed by atoms with Crippen LogP contribution >= 0.6 is 11.3 Å². The molecule has 2 atom stereocenters. The molecule has 1 aromatic carbocycles. The Morgan fingerprint density at radius 2 is 2.06 bits per heavy atom. The molecular formula is C25H31N3O3S.